The Morgan fingerprint density at radius 1 is 1.17 bits per heavy atom. The summed E-state index contributed by atoms with van der Waals surface area (Å²) in [6, 6.07) is 0. The molecule has 0 atom stereocenters. The lowest BCUT2D eigenvalue weighted by atomic mass is 10.0. The minimum Gasteiger partial charge on any atom is -0.465 e. The number of hydrogen-bond donors (Lipinski definition) is 2. The Kier molecular flexibility index (Phi) is 7.44. The van der Waals surface area contributed by atoms with Crippen molar-refractivity contribution >= 4 is 6.09 Å². The van der Waals surface area contributed by atoms with Crippen LogP contribution in [0.4, 0.5) is 4.79 Å². The number of hydrogen-bond acceptors (Lipinski definition) is 1. The first kappa shape index (κ1) is 11.0. The molecule has 2 N–H and O–H groups in total. The zero-order valence-corrected chi connectivity index (χ0v) is 7.38. The molecule has 1 saturated carbocycles. The summed E-state index contributed by atoms with van der Waals surface area (Å²) in [4.78, 5) is 9.42. The van der Waals surface area contributed by atoms with Gasteiger partial charge in [-0.25, -0.2) is 4.79 Å². The fraction of sp³-hybridized carbons (Fsp3) is 0.667. The van der Waals surface area contributed by atoms with Crippen molar-refractivity contribution < 1.29 is 9.90 Å². The van der Waals surface area contributed by atoms with E-state index in [1.54, 1.807) is 0 Å². The molecule has 0 unspecified atom stereocenters. The van der Waals surface area contributed by atoms with Crippen LogP contribution in [-0.2, 0) is 0 Å². The van der Waals surface area contributed by atoms with E-state index in [2.05, 4.69) is 6.58 Å². The molecule has 0 spiro atoms. The Balaban J connectivity index is 0.000000202. The van der Waals surface area contributed by atoms with E-state index in [0.717, 1.165) is 6.20 Å². The lowest BCUT2D eigenvalue weighted by Gasteiger charge is -2.05. The van der Waals surface area contributed by atoms with Gasteiger partial charge >= 0.3 is 6.09 Å². The Hall–Kier alpha value is -0.990. The maximum atomic E-state index is 9.42. The van der Waals surface area contributed by atoms with Crippen LogP contribution in [-0.4, -0.2) is 11.2 Å². The monoisotopic (exact) mass is 171 g/mol. The van der Waals surface area contributed by atoms with Crippen molar-refractivity contribution in [2.75, 3.05) is 0 Å². The van der Waals surface area contributed by atoms with E-state index < -0.39 is 6.09 Å². The highest BCUT2D eigenvalue weighted by atomic mass is 16.4. The second-order valence-electron chi connectivity index (χ2n) is 2.77. The molecule has 1 rings (SSSR count). The Bertz CT molecular complexity index is 119. The van der Waals surface area contributed by atoms with Crippen LogP contribution in [0.5, 0.6) is 0 Å². The first-order chi connectivity index (χ1) is 5.77. The van der Waals surface area contributed by atoms with Crippen LogP contribution in [0.15, 0.2) is 12.8 Å². The summed E-state index contributed by atoms with van der Waals surface area (Å²) in [5.41, 5.74) is 0. The van der Waals surface area contributed by atoms with Crippen LogP contribution in [0.25, 0.3) is 0 Å². The fourth-order valence-electron chi connectivity index (χ4n) is 1.15. The quantitative estimate of drug-likeness (QED) is 0.637. The highest BCUT2D eigenvalue weighted by molar-refractivity contribution is 5.65. The van der Waals surface area contributed by atoms with Gasteiger partial charge in [-0.2, -0.15) is 0 Å². The average molecular weight is 171 g/mol. The summed E-state index contributed by atoms with van der Waals surface area (Å²) in [7, 11) is 0. The molecule has 0 radical (unpaired) electrons. The number of carbonyl (C=O) groups is 1. The maximum absolute atomic E-state index is 9.42. The third-order valence-corrected chi connectivity index (χ3v) is 1.73. The molecule has 3 heteroatoms. The van der Waals surface area contributed by atoms with E-state index in [1.165, 1.54) is 38.5 Å². The van der Waals surface area contributed by atoms with E-state index in [9.17, 15) is 4.79 Å². The summed E-state index contributed by atoms with van der Waals surface area (Å²) in [6.45, 7) is 3.11. The number of nitrogens with one attached hydrogen (secondary N) is 1. The summed E-state index contributed by atoms with van der Waals surface area (Å²) >= 11 is 0. The average Bonchev–Trinajstić information content (AvgIpc) is 2.08. The van der Waals surface area contributed by atoms with Crippen LogP contribution in [0.2, 0.25) is 0 Å². The lowest BCUT2D eigenvalue weighted by molar-refractivity contribution is 0.198. The van der Waals surface area contributed by atoms with E-state index in [4.69, 9.17) is 5.11 Å². The van der Waals surface area contributed by atoms with Crippen LogP contribution >= 0.6 is 0 Å². The summed E-state index contributed by atoms with van der Waals surface area (Å²) in [5.74, 6) is 0. The van der Waals surface area contributed by atoms with E-state index in [1.807, 2.05) is 5.32 Å². The van der Waals surface area contributed by atoms with Crippen molar-refractivity contribution in [3.63, 3.8) is 0 Å². The van der Waals surface area contributed by atoms with Crippen molar-refractivity contribution in [2.24, 2.45) is 0 Å². The summed E-state index contributed by atoms with van der Waals surface area (Å²) < 4.78 is 0. The second kappa shape index (κ2) is 8.11. The second-order valence-corrected chi connectivity index (χ2v) is 2.77. The molecule has 0 aromatic heterocycles. The van der Waals surface area contributed by atoms with Gasteiger partial charge in [0.1, 0.15) is 0 Å². The van der Waals surface area contributed by atoms with Crippen LogP contribution in [0.1, 0.15) is 38.5 Å². The molecule has 1 aliphatic rings. The Morgan fingerprint density at radius 2 is 1.50 bits per heavy atom. The van der Waals surface area contributed by atoms with Crippen molar-refractivity contribution in [2.45, 2.75) is 38.5 Å². The maximum Gasteiger partial charge on any atom is 0.408 e. The normalized spacial score (nSPS) is 15.3. The highest BCUT2D eigenvalue weighted by Gasteiger charge is 1.95. The minimum absolute atomic E-state index is 1.08. The zero-order chi connectivity index (χ0) is 9.23. The molecule has 1 amide bonds. The summed E-state index contributed by atoms with van der Waals surface area (Å²) in [5, 5.41) is 9.62. The molecule has 0 aromatic carbocycles. The van der Waals surface area contributed by atoms with Crippen molar-refractivity contribution in [1.82, 2.24) is 5.32 Å². The third-order valence-electron chi connectivity index (χ3n) is 1.73. The van der Waals surface area contributed by atoms with Crippen LogP contribution in [0.3, 0.4) is 0 Å². The molecule has 12 heavy (non-hydrogen) atoms. The fourth-order valence-corrected chi connectivity index (χ4v) is 1.15. The van der Waals surface area contributed by atoms with Gasteiger partial charge in [-0.05, 0) is 6.20 Å². The lowest BCUT2D eigenvalue weighted by Crippen LogP contribution is -2.11. The highest BCUT2D eigenvalue weighted by Crippen LogP contribution is 2.15. The van der Waals surface area contributed by atoms with Gasteiger partial charge in [0.25, 0.3) is 0 Å². The van der Waals surface area contributed by atoms with Gasteiger partial charge in [0, 0.05) is 0 Å². The van der Waals surface area contributed by atoms with Crippen molar-refractivity contribution in [1.29, 1.82) is 0 Å². The molecule has 1 aliphatic carbocycles. The first-order valence-corrected chi connectivity index (χ1v) is 4.37. The van der Waals surface area contributed by atoms with Gasteiger partial charge in [-0.1, -0.05) is 45.1 Å². The van der Waals surface area contributed by atoms with Gasteiger partial charge in [0.05, 0.1) is 0 Å². The predicted octanol–water partition coefficient (Wildman–Crippen LogP) is 2.74. The minimum atomic E-state index is -1.08. The molecule has 0 aromatic rings. The molecule has 70 valence electrons. The topological polar surface area (TPSA) is 49.3 Å². The van der Waals surface area contributed by atoms with Gasteiger partial charge in [-0.15, -0.1) is 0 Å². The predicted molar refractivity (Wildman–Crippen MR) is 49.1 cm³/mol. The van der Waals surface area contributed by atoms with Crippen LogP contribution < -0.4 is 5.32 Å². The molecular weight excluding hydrogens is 154 g/mol. The van der Waals surface area contributed by atoms with Crippen LogP contribution in [0, 0.1) is 0 Å². The van der Waals surface area contributed by atoms with E-state index in [-0.39, 0.29) is 0 Å². The molecule has 0 bridgehead atoms. The van der Waals surface area contributed by atoms with Gasteiger partial charge in [-0.3, -0.25) is 5.32 Å². The third kappa shape index (κ3) is 9.01. The molecule has 0 aliphatic heterocycles. The zero-order valence-electron chi connectivity index (χ0n) is 7.38. The van der Waals surface area contributed by atoms with E-state index >= 15 is 0 Å². The Labute approximate surface area is 73.5 Å². The largest absolute Gasteiger partial charge is 0.465 e. The molecule has 0 heterocycles. The molecular formula is C9H17NO2. The first-order valence-electron chi connectivity index (χ1n) is 4.37. The van der Waals surface area contributed by atoms with Crippen molar-refractivity contribution in [3.8, 4) is 0 Å². The standard InChI is InChI=1S/C6H12.C3H5NO2/c1-2-4-6-5-3-1;1-2-4-3(5)6/h1-6H2;2,4H,1H2,(H,5,6). The Morgan fingerprint density at radius 3 is 1.58 bits per heavy atom. The van der Waals surface area contributed by atoms with Crippen molar-refractivity contribution in [3.05, 3.63) is 12.8 Å². The molecule has 1 fully saturated rings. The van der Waals surface area contributed by atoms with Gasteiger partial charge in [0.2, 0.25) is 0 Å². The van der Waals surface area contributed by atoms with Gasteiger partial charge in [0.15, 0.2) is 0 Å². The smallest absolute Gasteiger partial charge is 0.408 e. The number of carboxylic acid groups (broad SMARTS) is 1. The molecule has 3 nitrogen and oxygen atoms in total. The summed E-state index contributed by atoms with van der Waals surface area (Å²) in [6.07, 6.45) is 9.02. The number of amides is 1. The number of rotatable bonds is 1. The SMILES string of the molecule is C1CCCCC1.C=CNC(=O)O. The molecule has 0 saturated heterocycles. The van der Waals surface area contributed by atoms with Gasteiger partial charge < -0.3 is 5.11 Å². The van der Waals surface area contributed by atoms with E-state index in [0.29, 0.717) is 0 Å².